The van der Waals surface area contributed by atoms with Gasteiger partial charge in [0.1, 0.15) is 0 Å². The molecule has 0 aromatic heterocycles. The molecule has 1 saturated carbocycles. The van der Waals surface area contributed by atoms with Gasteiger partial charge in [0.15, 0.2) is 0 Å². The lowest BCUT2D eigenvalue weighted by Gasteiger charge is -2.30. The smallest absolute Gasteiger partial charge is 0.212 e. The predicted octanol–water partition coefficient (Wildman–Crippen LogP) is -0.0983. The molecule has 0 unspecified atom stereocenters. The van der Waals surface area contributed by atoms with E-state index in [1.807, 2.05) is 0 Å². The van der Waals surface area contributed by atoms with Gasteiger partial charge in [-0.15, -0.1) is 0 Å². The summed E-state index contributed by atoms with van der Waals surface area (Å²) < 4.78 is 22.1. The first-order valence-electron chi connectivity index (χ1n) is 4.83. The predicted molar refractivity (Wildman–Crippen MR) is 50.7 cm³/mol. The Morgan fingerprint density at radius 3 is 2.00 bits per heavy atom. The summed E-state index contributed by atoms with van der Waals surface area (Å²) in [6, 6.07) is 0.751. The van der Waals surface area contributed by atoms with Gasteiger partial charge in [-0.05, 0) is 38.8 Å². The van der Waals surface area contributed by atoms with Crippen LogP contribution in [-0.2, 0) is 10.0 Å². The second kappa shape index (κ2) is 3.22. The third-order valence-electron chi connectivity index (χ3n) is 3.00. The number of rotatable bonds is 2. The van der Waals surface area contributed by atoms with E-state index in [2.05, 4.69) is 4.90 Å². The molecule has 2 fully saturated rings. The van der Waals surface area contributed by atoms with Crippen molar-refractivity contribution in [3.8, 4) is 0 Å². The molecule has 0 radical (unpaired) electrons. The van der Waals surface area contributed by atoms with Crippen LogP contribution in [0.2, 0.25) is 0 Å². The highest BCUT2D eigenvalue weighted by Gasteiger charge is 2.34. The van der Waals surface area contributed by atoms with Gasteiger partial charge in [0.2, 0.25) is 10.0 Å². The van der Waals surface area contributed by atoms with E-state index in [9.17, 15) is 8.42 Å². The van der Waals surface area contributed by atoms with E-state index >= 15 is 0 Å². The van der Waals surface area contributed by atoms with Gasteiger partial charge in [-0.3, -0.25) is 0 Å². The van der Waals surface area contributed by atoms with Crippen molar-refractivity contribution in [2.45, 2.75) is 37.0 Å². The second-order valence-corrected chi connectivity index (χ2v) is 5.90. The van der Waals surface area contributed by atoms with Crippen LogP contribution in [0.4, 0.5) is 0 Å². The maximum Gasteiger partial charge on any atom is 0.212 e. The lowest BCUT2D eigenvalue weighted by molar-refractivity contribution is 0.220. The quantitative estimate of drug-likeness (QED) is 0.683. The molecule has 76 valence electrons. The van der Waals surface area contributed by atoms with Crippen molar-refractivity contribution in [2.75, 3.05) is 13.1 Å². The van der Waals surface area contributed by atoms with Gasteiger partial charge >= 0.3 is 0 Å². The van der Waals surface area contributed by atoms with Crippen LogP contribution >= 0.6 is 0 Å². The minimum atomic E-state index is -3.28. The van der Waals surface area contributed by atoms with E-state index in [1.165, 1.54) is 12.8 Å². The number of nitrogens with two attached hydrogens (primary N) is 1. The Labute approximate surface area is 79.1 Å². The Morgan fingerprint density at radius 1 is 1.08 bits per heavy atom. The topological polar surface area (TPSA) is 63.4 Å². The van der Waals surface area contributed by atoms with Crippen molar-refractivity contribution >= 4 is 10.0 Å². The molecule has 1 aliphatic carbocycles. The minimum absolute atomic E-state index is 0.289. The van der Waals surface area contributed by atoms with Crippen LogP contribution in [0.3, 0.4) is 0 Å². The van der Waals surface area contributed by atoms with E-state index < -0.39 is 10.0 Å². The average molecular weight is 204 g/mol. The largest absolute Gasteiger partial charge is 0.300 e. The van der Waals surface area contributed by atoms with Crippen molar-refractivity contribution in [1.29, 1.82) is 0 Å². The first-order chi connectivity index (χ1) is 6.07. The van der Waals surface area contributed by atoms with Gasteiger partial charge in [-0.1, -0.05) is 0 Å². The van der Waals surface area contributed by atoms with Gasteiger partial charge < -0.3 is 4.90 Å². The van der Waals surface area contributed by atoms with E-state index in [-0.39, 0.29) is 5.25 Å². The number of hydrogen-bond acceptors (Lipinski definition) is 3. The van der Waals surface area contributed by atoms with E-state index in [0.717, 1.165) is 32.0 Å². The summed E-state index contributed by atoms with van der Waals surface area (Å²) in [7, 11) is -3.28. The number of piperidine rings is 1. The molecule has 1 saturated heterocycles. The molecule has 1 heterocycles. The first kappa shape index (κ1) is 9.43. The summed E-state index contributed by atoms with van der Waals surface area (Å²) in [5.41, 5.74) is 0. The van der Waals surface area contributed by atoms with Crippen molar-refractivity contribution in [2.24, 2.45) is 5.14 Å². The zero-order chi connectivity index (χ0) is 9.47. The lowest BCUT2D eigenvalue weighted by Crippen LogP contribution is -2.42. The molecule has 2 aliphatic rings. The highest BCUT2D eigenvalue weighted by Crippen LogP contribution is 2.30. The van der Waals surface area contributed by atoms with Crippen LogP contribution in [-0.4, -0.2) is 37.7 Å². The van der Waals surface area contributed by atoms with Crippen LogP contribution in [0, 0.1) is 0 Å². The monoisotopic (exact) mass is 204 g/mol. The normalized spacial score (nSPS) is 27.8. The van der Waals surface area contributed by atoms with Crippen molar-refractivity contribution in [3.63, 3.8) is 0 Å². The molecule has 0 amide bonds. The van der Waals surface area contributed by atoms with E-state index in [1.54, 1.807) is 0 Å². The second-order valence-electron chi connectivity index (χ2n) is 4.06. The van der Waals surface area contributed by atoms with E-state index in [4.69, 9.17) is 5.14 Å². The molecule has 2 N–H and O–H groups in total. The molecule has 4 nitrogen and oxygen atoms in total. The first-order valence-corrected chi connectivity index (χ1v) is 6.44. The molecule has 5 heteroatoms. The highest BCUT2D eigenvalue weighted by molar-refractivity contribution is 7.89. The van der Waals surface area contributed by atoms with Crippen molar-refractivity contribution in [1.82, 2.24) is 4.90 Å². The summed E-state index contributed by atoms with van der Waals surface area (Å²) in [5.74, 6) is 0. The minimum Gasteiger partial charge on any atom is -0.300 e. The third-order valence-corrected chi connectivity index (χ3v) is 4.41. The molecule has 0 aromatic carbocycles. The van der Waals surface area contributed by atoms with Crippen molar-refractivity contribution in [3.05, 3.63) is 0 Å². The Hall–Kier alpha value is -0.130. The SMILES string of the molecule is NS(=O)(=O)C1CCN(C2CC2)CC1. The molecule has 0 spiro atoms. The van der Waals surface area contributed by atoms with Gasteiger partial charge in [0, 0.05) is 6.04 Å². The Balaban J connectivity index is 1.88. The van der Waals surface area contributed by atoms with E-state index in [0.29, 0.717) is 0 Å². The molecular formula is C8H16N2O2S. The number of likely N-dealkylation sites (tertiary alicyclic amines) is 1. The molecule has 1 aliphatic heterocycles. The van der Waals surface area contributed by atoms with Crippen LogP contribution < -0.4 is 5.14 Å². The summed E-state index contributed by atoms with van der Waals surface area (Å²) >= 11 is 0. The standard InChI is InChI=1S/C8H16N2O2S/c9-13(11,12)8-3-5-10(6-4-8)7-1-2-7/h7-8H,1-6H2,(H2,9,11,12). The average Bonchev–Trinajstić information content (AvgIpc) is 2.85. The number of sulfonamides is 1. The van der Waals surface area contributed by atoms with Crippen LogP contribution in [0.1, 0.15) is 25.7 Å². The maximum atomic E-state index is 11.0. The summed E-state index contributed by atoms with van der Waals surface area (Å²) in [6.07, 6.45) is 4.02. The van der Waals surface area contributed by atoms with Gasteiger partial charge in [0.05, 0.1) is 5.25 Å². The highest BCUT2D eigenvalue weighted by atomic mass is 32.2. The van der Waals surface area contributed by atoms with Crippen LogP contribution in [0.5, 0.6) is 0 Å². The Bertz CT molecular complexity index is 277. The molecule has 2 rings (SSSR count). The number of hydrogen-bond donors (Lipinski definition) is 1. The fraction of sp³-hybridized carbons (Fsp3) is 1.00. The van der Waals surface area contributed by atoms with Gasteiger partial charge in [-0.2, -0.15) is 0 Å². The summed E-state index contributed by atoms with van der Waals surface area (Å²) in [6.45, 7) is 1.82. The van der Waals surface area contributed by atoms with Crippen LogP contribution in [0.15, 0.2) is 0 Å². The molecule has 13 heavy (non-hydrogen) atoms. The Morgan fingerprint density at radius 2 is 1.62 bits per heavy atom. The molecule has 0 aromatic rings. The fourth-order valence-corrected chi connectivity index (χ4v) is 2.88. The molecule has 0 bridgehead atoms. The molecule has 0 atom stereocenters. The van der Waals surface area contributed by atoms with Gasteiger partial charge in [-0.25, -0.2) is 13.6 Å². The fourth-order valence-electron chi connectivity index (χ4n) is 2.01. The maximum absolute atomic E-state index is 11.0. The number of primary sulfonamides is 1. The Kier molecular flexibility index (Phi) is 2.33. The number of nitrogens with zero attached hydrogens (tertiary/aromatic N) is 1. The molecular weight excluding hydrogens is 188 g/mol. The summed E-state index contributed by atoms with van der Waals surface area (Å²) in [4.78, 5) is 2.39. The van der Waals surface area contributed by atoms with Crippen molar-refractivity contribution < 1.29 is 8.42 Å². The zero-order valence-corrected chi connectivity index (χ0v) is 8.46. The lowest BCUT2D eigenvalue weighted by atomic mass is 10.1. The third kappa shape index (κ3) is 2.21. The summed E-state index contributed by atoms with van der Waals surface area (Å²) in [5, 5.41) is 4.81. The van der Waals surface area contributed by atoms with Crippen LogP contribution in [0.25, 0.3) is 0 Å². The zero-order valence-electron chi connectivity index (χ0n) is 7.65. The van der Waals surface area contributed by atoms with Gasteiger partial charge in [0.25, 0.3) is 0 Å².